The van der Waals surface area contributed by atoms with Crippen LogP contribution in [0.25, 0.3) is 0 Å². The maximum absolute atomic E-state index is 12.7. The lowest BCUT2D eigenvalue weighted by atomic mass is 10.1. The van der Waals surface area contributed by atoms with Crippen LogP contribution in [0.15, 0.2) is 18.3 Å². The van der Waals surface area contributed by atoms with Gasteiger partial charge in [0.2, 0.25) is 0 Å². The average molecular weight is 260 g/mol. The zero-order valence-corrected chi connectivity index (χ0v) is 9.24. The number of hydrogen-bond acceptors (Lipinski definition) is 3. The molecule has 0 aliphatic heterocycles. The van der Waals surface area contributed by atoms with Gasteiger partial charge in [0.15, 0.2) is 0 Å². The van der Waals surface area contributed by atoms with Crippen molar-refractivity contribution in [3.8, 4) is 0 Å². The number of nitrogens with zero attached hydrogens (tertiary/aromatic N) is 1. The van der Waals surface area contributed by atoms with E-state index in [1.165, 1.54) is 12.3 Å². The average Bonchev–Trinajstić information content (AvgIpc) is 3.08. The summed E-state index contributed by atoms with van der Waals surface area (Å²) in [7, 11) is 0. The quantitative estimate of drug-likeness (QED) is 0.872. The predicted octanol–water partition coefficient (Wildman–Crippen LogP) is 2.38. The fraction of sp³-hybridized carbons (Fsp3) is 0.455. The molecular weight excluding hydrogens is 249 g/mol. The zero-order chi connectivity index (χ0) is 13.3. The maximum atomic E-state index is 12.7. The second-order valence-corrected chi connectivity index (χ2v) is 4.20. The predicted molar refractivity (Wildman–Crippen MR) is 57.0 cm³/mol. The number of nitrogens with one attached hydrogen (secondary N) is 1. The SMILES string of the molecule is O=C(O)C(Nc1ncccc1C(F)(F)F)C1CC1. The molecule has 1 aliphatic rings. The summed E-state index contributed by atoms with van der Waals surface area (Å²) in [5.74, 6) is -1.70. The molecule has 0 bridgehead atoms. The molecule has 1 aliphatic carbocycles. The Bertz CT molecular complexity index is 458. The first-order valence-corrected chi connectivity index (χ1v) is 5.41. The van der Waals surface area contributed by atoms with Gasteiger partial charge >= 0.3 is 12.1 Å². The third-order valence-electron chi connectivity index (χ3n) is 2.76. The van der Waals surface area contributed by atoms with Gasteiger partial charge in [0.05, 0.1) is 5.56 Å². The van der Waals surface area contributed by atoms with Crippen LogP contribution in [0.2, 0.25) is 0 Å². The van der Waals surface area contributed by atoms with Crippen LogP contribution >= 0.6 is 0 Å². The lowest BCUT2D eigenvalue weighted by Crippen LogP contribution is -2.32. The van der Waals surface area contributed by atoms with Crippen LogP contribution < -0.4 is 5.32 Å². The summed E-state index contributed by atoms with van der Waals surface area (Å²) in [5, 5.41) is 11.4. The highest BCUT2D eigenvalue weighted by molar-refractivity contribution is 5.78. The second-order valence-electron chi connectivity index (χ2n) is 4.20. The molecule has 0 aromatic carbocycles. The number of alkyl halides is 3. The molecule has 4 nitrogen and oxygen atoms in total. The molecular formula is C11H11F3N2O2. The van der Waals surface area contributed by atoms with Crippen molar-refractivity contribution in [2.45, 2.75) is 25.1 Å². The van der Waals surface area contributed by atoms with Crippen LogP contribution in [0.1, 0.15) is 18.4 Å². The highest BCUT2D eigenvalue weighted by Gasteiger charge is 2.39. The van der Waals surface area contributed by atoms with Crippen molar-refractivity contribution in [2.75, 3.05) is 5.32 Å². The number of pyridine rings is 1. The minimum Gasteiger partial charge on any atom is -0.480 e. The molecule has 1 aromatic rings. The van der Waals surface area contributed by atoms with E-state index in [9.17, 15) is 18.0 Å². The van der Waals surface area contributed by atoms with Gasteiger partial charge in [-0.05, 0) is 30.9 Å². The molecule has 98 valence electrons. The van der Waals surface area contributed by atoms with E-state index in [1.54, 1.807) is 0 Å². The Hall–Kier alpha value is -1.79. The summed E-state index contributed by atoms with van der Waals surface area (Å²) in [6.45, 7) is 0. The molecule has 2 N–H and O–H groups in total. The van der Waals surface area contributed by atoms with Gasteiger partial charge in [0.1, 0.15) is 11.9 Å². The summed E-state index contributed by atoms with van der Waals surface area (Å²) >= 11 is 0. The number of hydrogen-bond donors (Lipinski definition) is 2. The van der Waals surface area contributed by atoms with E-state index in [-0.39, 0.29) is 5.92 Å². The molecule has 2 rings (SSSR count). The van der Waals surface area contributed by atoms with Gasteiger partial charge in [0, 0.05) is 6.20 Å². The number of halogens is 3. The fourth-order valence-corrected chi connectivity index (χ4v) is 1.71. The van der Waals surface area contributed by atoms with Crippen molar-refractivity contribution in [3.05, 3.63) is 23.9 Å². The third-order valence-corrected chi connectivity index (χ3v) is 2.76. The Kier molecular flexibility index (Phi) is 3.14. The summed E-state index contributed by atoms with van der Waals surface area (Å²) < 4.78 is 38.1. The zero-order valence-electron chi connectivity index (χ0n) is 9.24. The van der Waals surface area contributed by atoms with Crippen molar-refractivity contribution in [1.82, 2.24) is 4.98 Å². The molecule has 1 saturated carbocycles. The molecule has 1 unspecified atom stereocenters. The standard InChI is InChI=1S/C11H11F3N2O2/c12-11(13,14)7-2-1-5-15-9(7)16-8(10(17)18)6-3-4-6/h1-2,5-6,8H,3-4H2,(H,15,16)(H,17,18). The van der Waals surface area contributed by atoms with Gasteiger partial charge in [-0.15, -0.1) is 0 Å². The number of anilines is 1. The number of aromatic nitrogens is 1. The minimum absolute atomic E-state index is 0.120. The Labute approximate surface area is 101 Å². The number of carboxylic acid groups (broad SMARTS) is 1. The lowest BCUT2D eigenvalue weighted by Gasteiger charge is -2.17. The molecule has 1 heterocycles. The lowest BCUT2D eigenvalue weighted by molar-refractivity contribution is -0.140. The van der Waals surface area contributed by atoms with Crippen molar-refractivity contribution < 1.29 is 23.1 Å². The van der Waals surface area contributed by atoms with Crippen molar-refractivity contribution in [3.63, 3.8) is 0 Å². The van der Waals surface area contributed by atoms with E-state index in [1.807, 2.05) is 0 Å². The molecule has 0 spiro atoms. The first kappa shape index (κ1) is 12.7. The molecule has 1 aromatic heterocycles. The normalized spacial score (nSPS) is 17.3. The van der Waals surface area contributed by atoms with Gasteiger partial charge in [-0.2, -0.15) is 13.2 Å². The summed E-state index contributed by atoms with van der Waals surface area (Å²) in [6, 6.07) is 1.03. The van der Waals surface area contributed by atoms with Crippen LogP contribution in [-0.4, -0.2) is 22.1 Å². The fourth-order valence-electron chi connectivity index (χ4n) is 1.71. The monoisotopic (exact) mass is 260 g/mol. The van der Waals surface area contributed by atoms with Gasteiger partial charge in [0.25, 0.3) is 0 Å². The third kappa shape index (κ3) is 2.72. The van der Waals surface area contributed by atoms with Gasteiger partial charge in [-0.3, -0.25) is 0 Å². The highest BCUT2D eigenvalue weighted by atomic mass is 19.4. The largest absolute Gasteiger partial charge is 0.480 e. The van der Waals surface area contributed by atoms with E-state index < -0.39 is 29.6 Å². The van der Waals surface area contributed by atoms with Crippen LogP contribution in [0.4, 0.5) is 19.0 Å². The molecule has 18 heavy (non-hydrogen) atoms. The Morgan fingerprint density at radius 3 is 2.67 bits per heavy atom. The van der Waals surface area contributed by atoms with Crippen LogP contribution in [0.5, 0.6) is 0 Å². The van der Waals surface area contributed by atoms with Crippen molar-refractivity contribution >= 4 is 11.8 Å². The molecule has 0 saturated heterocycles. The first-order valence-electron chi connectivity index (χ1n) is 5.41. The van der Waals surface area contributed by atoms with Gasteiger partial charge in [-0.25, -0.2) is 9.78 Å². The Morgan fingerprint density at radius 1 is 1.50 bits per heavy atom. The van der Waals surface area contributed by atoms with Crippen LogP contribution in [0.3, 0.4) is 0 Å². The molecule has 1 fully saturated rings. The number of aliphatic carboxylic acids is 1. The number of carbonyl (C=O) groups is 1. The van der Waals surface area contributed by atoms with Gasteiger partial charge < -0.3 is 10.4 Å². The highest BCUT2D eigenvalue weighted by Crippen LogP contribution is 2.37. The van der Waals surface area contributed by atoms with Gasteiger partial charge in [-0.1, -0.05) is 0 Å². The molecule has 7 heteroatoms. The van der Waals surface area contributed by atoms with Crippen LogP contribution in [0, 0.1) is 5.92 Å². The van der Waals surface area contributed by atoms with E-state index >= 15 is 0 Å². The topological polar surface area (TPSA) is 62.2 Å². The van der Waals surface area contributed by atoms with Crippen molar-refractivity contribution in [1.29, 1.82) is 0 Å². The molecule has 1 atom stereocenters. The summed E-state index contributed by atoms with van der Waals surface area (Å²) in [6.07, 6.45) is -1.94. The minimum atomic E-state index is -4.55. The maximum Gasteiger partial charge on any atom is 0.419 e. The van der Waals surface area contributed by atoms with E-state index in [0.717, 1.165) is 6.07 Å². The molecule has 0 radical (unpaired) electrons. The van der Waals surface area contributed by atoms with E-state index in [0.29, 0.717) is 12.8 Å². The Morgan fingerprint density at radius 2 is 2.17 bits per heavy atom. The smallest absolute Gasteiger partial charge is 0.419 e. The Balaban J connectivity index is 2.25. The van der Waals surface area contributed by atoms with E-state index in [4.69, 9.17) is 5.11 Å². The second kappa shape index (κ2) is 4.47. The first-order chi connectivity index (χ1) is 8.39. The summed E-state index contributed by atoms with van der Waals surface area (Å²) in [4.78, 5) is 14.6. The number of rotatable bonds is 4. The van der Waals surface area contributed by atoms with Crippen molar-refractivity contribution in [2.24, 2.45) is 5.92 Å². The molecule has 0 amide bonds. The summed E-state index contributed by atoms with van der Waals surface area (Å²) in [5.41, 5.74) is -0.947. The van der Waals surface area contributed by atoms with Crippen LogP contribution in [-0.2, 0) is 11.0 Å². The van der Waals surface area contributed by atoms with E-state index in [2.05, 4.69) is 10.3 Å². The number of carboxylic acids is 1.